The number of nitrogens with one attached hydrogen (secondary N) is 1. The van der Waals surface area contributed by atoms with E-state index in [1.165, 1.54) is 0 Å². The van der Waals surface area contributed by atoms with Gasteiger partial charge in [0.05, 0.1) is 0 Å². The minimum atomic E-state index is 0.0925. The molecule has 1 N–H and O–H groups in total. The monoisotopic (exact) mass is 194 g/mol. The number of thioether (sulfide) groups is 1. The molecular weight excluding hydrogens is 184 g/mol. The molecule has 1 aliphatic rings. The molecule has 0 radical (unpaired) electrons. The van der Waals surface area contributed by atoms with Gasteiger partial charge < -0.3 is 5.32 Å². The largest absolute Gasteiger partial charge is 0.340 e. The Morgan fingerprint density at radius 1 is 1.62 bits per heavy atom. The van der Waals surface area contributed by atoms with Crippen LogP contribution in [0.2, 0.25) is 0 Å². The third kappa shape index (κ3) is 2.01. The third-order valence-corrected chi connectivity index (χ3v) is 3.06. The Kier molecular flexibility index (Phi) is 2.49. The first-order valence-corrected chi connectivity index (χ1v) is 5.22. The van der Waals surface area contributed by atoms with Crippen LogP contribution in [0.3, 0.4) is 0 Å². The summed E-state index contributed by atoms with van der Waals surface area (Å²) in [5.41, 5.74) is 1.07. The lowest BCUT2D eigenvalue weighted by atomic mass is 10.2. The van der Waals surface area contributed by atoms with E-state index in [4.69, 9.17) is 0 Å². The van der Waals surface area contributed by atoms with Gasteiger partial charge in [-0.1, -0.05) is 6.07 Å². The van der Waals surface area contributed by atoms with Gasteiger partial charge in [0.2, 0.25) is 5.91 Å². The minimum Gasteiger partial charge on any atom is -0.340 e. The molecule has 1 atom stereocenters. The summed E-state index contributed by atoms with van der Waals surface area (Å²) in [5.74, 6) is 1.03. The normalized spacial score (nSPS) is 22.5. The third-order valence-electron chi connectivity index (χ3n) is 1.89. The summed E-state index contributed by atoms with van der Waals surface area (Å²) in [5, 5.41) is 3.01. The van der Waals surface area contributed by atoms with Crippen LogP contribution in [0.1, 0.15) is 17.4 Å². The summed E-state index contributed by atoms with van der Waals surface area (Å²) < 4.78 is 0. The van der Waals surface area contributed by atoms with Gasteiger partial charge in [-0.2, -0.15) is 0 Å². The molecule has 2 rings (SSSR count). The first-order valence-electron chi connectivity index (χ1n) is 4.17. The van der Waals surface area contributed by atoms with Crippen LogP contribution in [0.4, 0.5) is 0 Å². The van der Waals surface area contributed by atoms with Crippen LogP contribution in [-0.2, 0) is 4.79 Å². The molecule has 0 aromatic carbocycles. The Bertz CT molecular complexity index is 302. The smallest absolute Gasteiger partial charge is 0.221 e. The first kappa shape index (κ1) is 8.56. The highest BCUT2D eigenvalue weighted by atomic mass is 32.2. The van der Waals surface area contributed by atoms with E-state index in [0.29, 0.717) is 6.42 Å². The lowest BCUT2D eigenvalue weighted by Crippen LogP contribution is -2.31. The Hall–Kier alpha value is -1.03. The van der Waals surface area contributed by atoms with Crippen molar-refractivity contribution in [2.24, 2.45) is 0 Å². The van der Waals surface area contributed by atoms with Gasteiger partial charge in [0, 0.05) is 30.1 Å². The van der Waals surface area contributed by atoms with Crippen molar-refractivity contribution >= 4 is 17.7 Å². The van der Waals surface area contributed by atoms with E-state index in [2.05, 4.69) is 10.3 Å². The number of rotatable bonds is 1. The molecule has 1 aromatic heterocycles. The van der Waals surface area contributed by atoms with Crippen LogP contribution in [0.25, 0.3) is 0 Å². The Labute approximate surface area is 80.9 Å². The maximum Gasteiger partial charge on any atom is 0.221 e. The molecule has 0 saturated carbocycles. The Morgan fingerprint density at radius 3 is 3.23 bits per heavy atom. The molecule has 0 aliphatic carbocycles. The van der Waals surface area contributed by atoms with Gasteiger partial charge in [-0.05, 0) is 6.07 Å². The van der Waals surface area contributed by atoms with E-state index < -0.39 is 0 Å². The Balaban J connectivity index is 2.13. The van der Waals surface area contributed by atoms with Gasteiger partial charge in [0.1, 0.15) is 5.37 Å². The fourth-order valence-corrected chi connectivity index (χ4v) is 2.33. The summed E-state index contributed by atoms with van der Waals surface area (Å²) in [7, 11) is 0. The summed E-state index contributed by atoms with van der Waals surface area (Å²) in [6.45, 7) is 0. The zero-order chi connectivity index (χ0) is 9.10. The SMILES string of the molecule is O=C1CCSC(c2cccnc2)N1. The molecular formula is C9H10N2OS. The van der Waals surface area contributed by atoms with Crippen molar-refractivity contribution in [3.8, 4) is 0 Å². The van der Waals surface area contributed by atoms with Crippen molar-refractivity contribution in [3.63, 3.8) is 0 Å². The van der Waals surface area contributed by atoms with Crippen molar-refractivity contribution in [1.82, 2.24) is 10.3 Å². The van der Waals surface area contributed by atoms with Crippen molar-refractivity contribution in [2.45, 2.75) is 11.8 Å². The van der Waals surface area contributed by atoms with Gasteiger partial charge in [0.15, 0.2) is 0 Å². The van der Waals surface area contributed by atoms with Crippen LogP contribution in [-0.4, -0.2) is 16.6 Å². The van der Waals surface area contributed by atoms with Crippen LogP contribution in [0, 0.1) is 0 Å². The topological polar surface area (TPSA) is 42.0 Å². The number of nitrogens with zero attached hydrogens (tertiary/aromatic N) is 1. The maximum atomic E-state index is 11.1. The number of hydrogen-bond acceptors (Lipinski definition) is 3. The minimum absolute atomic E-state index is 0.0925. The molecule has 1 unspecified atom stereocenters. The predicted molar refractivity (Wildman–Crippen MR) is 52.2 cm³/mol. The number of carbonyl (C=O) groups excluding carboxylic acids is 1. The molecule has 3 nitrogen and oxygen atoms in total. The van der Waals surface area contributed by atoms with Crippen LogP contribution in [0.15, 0.2) is 24.5 Å². The summed E-state index contributed by atoms with van der Waals surface area (Å²) in [6.07, 6.45) is 4.16. The average Bonchev–Trinajstić information content (AvgIpc) is 2.19. The summed E-state index contributed by atoms with van der Waals surface area (Å²) >= 11 is 1.75. The van der Waals surface area contributed by atoms with E-state index in [1.54, 1.807) is 24.2 Å². The van der Waals surface area contributed by atoms with E-state index in [0.717, 1.165) is 11.3 Å². The molecule has 13 heavy (non-hydrogen) atoms. The fourth-order valence-electron chi connectivity index (χ4n) is 1.24. The number of aromatic nitrogens is 1. The summed E-state index contributed by atoms with van der Waals surface area (Å²) in [4.78, 5) is 15.1. The van der Waals surface area contributed by atoms with Gasteiger partial charge in [0.25, 0.3) is 0 Å². The molecule has 1 aliphatic heterocycles. The van der Waals surface area contributed by atoms with Crippen molar-refractivity contribution < 1.29 is 4.79 Å². The standard InChI is InChI=1S/C9H10N2OS/c12-8-3-5-13-9(11-8)7-2-1-4-10-6-7/h1-2,4,6,9H,3,5H2,(H,11,12). The van der Waals surface area contributed by atoms with E-state index in [9.17, 15) is 4.79 Å². The second kappa shape index (κ2) is 3.79. The number of pyridine rings is 1. The maximum absolute atomic E-state index is 11.1. The molecule has 1 saturated heterocycles. The van der Waals surface area contributed by atoms with Gasteiger partial charge in [-0.25, -0.2) is 0 Å². The number of hydrogen-bond donors (Lipinski definition) is 1. The van der Waals surface area contributed by atoms with Crippen LogP contribution in [0.5, 0.6) is 0 Å². The van der Waals surface area contributed by atoms with Gasteiger partial charge in [-0.15, -0.1) is 11.8 Å². The molecule has 2 heterocycles. The van der Waals surface area contributed by atoms with Gasteiger partial charge in [-0.3, -0.25) is 9.78 Å². The number of amides is 1. The Morgan fingerprint density at radius 2 is 2.54 bits per heavy atom. The number of carbonyl (C=O) groups is 1. The van der Waals surface area contributed by atoms with E-state index >= 15 is 0 Å². The second-order valence-corrected chi connectivity index (χ2v) is 4.07. The molecule has 1 amide bonds. The zero-order valence-corrected chi connectivity index (χ0v) is 7.88. The molecule has 0 bridgehead atoms. The predicted octanol–water partition coefficient (Wildman–Crippen LogP) is 1.33. The second-order valence-electron chi connectivity index (χ2n) is 2.85. The average molecular weight is 194 g/mol. The molecule has 4 heteroatoms. The van der Waals surface area contributed by atoms with Crippen molar-refractivity contribution in [2.75, 3.05) is 5.75 Å². The zero-order valence-electron chi connectivity index (χ0n) is 7.06. The highest BCUT2D eigenvalue weighted by molar-refractivity contribution is 7.99. The van der Waals surface area contributed by atoms with Crippen molar-refractivity contribution in [1.29, 1.82) is 0 Å². The lowest BCUT2D eigenvalue weighted by Gasteiger charge is -2.22. The lowest BCUT2D eigenvalue weighted by molar-refractivity contribution is -0.121. The fraction of sp³-hybridized carbons (Fsp3) is 0.333. The molecule has 0 spiro atoms. The highest BCUT2D eigenvalue weighted by Gasteiger charge is 2.19. The van der Waals surface area contributed by atoms with Crippen LogP contribution < -0.4 is 5.32 Å². The van der Waals surface area contributed by atoms with E-state index in [1.807, 2.05) is 12.1 Å². The van der Waals surface area contributed by atoms with E-state index in [-0.39, 0.29) is 11.3 Å². The van der Waals surface area contributed by atoms with Gasteiger partial charge >= 0.3 is 0 Å². The quantitative estimate of drug-likeness (QED) is 0.733. The van der Waals surface area contributed by atoms with Crippen LogP contribution >= 0.6 is 11.8 Å². The molecule has 1 fully saturated rings. The molecule has 1 aromatic rings. The van der Waals surface area contributed by atoms with Crippen molar-refractivity contribution in [3.05, 3.63) is 30.1 Å². The highest BCUT2D eigenvalue weighted by Crippen LogP contribution is 2.28. The summed E-state index contributed by atoms with van der Waals surface area (Å²) in [6, 6.07) is 3.87. The molecule has 68 valence electrons. The first-order chi connectivity index (χ1) is 6.36.